The first kappa shape index (κ1) is 17.1. The van der Waals surface area contributed by atoms with Crippen LogP contribution in [0.5, 0.6) is 0 Å². The van der Waals surface area contributed by atoms with E-state index < -0.39 is 0 Å². The smallest absolute Gasteiger partial charge is 0.191 e. The van der Waals surface area contributed by atoms with E-state index in [-0.39, 0.29) is 0 Å². The van der Waals surface area contributed by atoms with Crippen LogP contribution in [0.25, 0.3) is 11.3 Å². The minimum absolute atomic E-state index is 0.365. The second-order valence-electron chi connectivity index (χ2n) is 5.98. The normalized spacial score (nSPS) is 13.2. The molecular formula is C18H27N5. The van der Waals surface area contributed by atoms with E-state index in [0.717, 1.165) is 29.6 Å². The van der Waals surface area contributed by atoms with E-state index in [1.807, 2.05) is 24.4 Å². The lowest BCUT2D eigenvalue weighted by Gasteiger charge is -2.20. The lowest BCUT2D eigenvalue weighted by molar-refractivity contribution is 0.481. The number of nitrogens with one attached hydrogen (secondary N) is 3. The van der Waals surface area contributed by atoms with E-state index >= 15 is 0 Å². The first-order valence-electron chi connectivity index (χ1n) is 8.24. The monoisotopic (exact) mass is 313 g/mol. The summed E-state index contributed by atoms with van der Waals surface area (Å²) in [4.78, 5) is 12.4. The highest BCUT2D eigenvalue weighted by atomic mass is 15.2. The molecule has 1 aromatic carbocycles. The summed E-state index contributed by atoms with van der Waals surface area (Å²) in [5.74, 6) is 2.23. The Hall–Kier alpha value is -2.30. The third-order valence-electron chi connectivity index (χ3n) is 3.81. The maximum absolute atomic E-state index is 4.61. The molecule has 0 saturated heterocycles. The number of guanidine groups is 1. The van der Waals surface area contributed by atoms with Gasteiger partial charge in [0.1, 0.15) is 12.4 Å². The van der Waals surface area contributed by atoms with Crippen molar-refractivity contribution in [3.8, 4) is 11.3 Å². The summed E-state index contributed by atoms with van der Waals surface area (Å²) in [6.07, 6.45) is 1.86. The van der Waals surface area contributed by atoms with Gasteiger partial charge in [0.15, 0.2) is 5.96 Å². The Morgan fingerprint density at radius 1 is 1.22 bits per heavy atom. The number of hydrogen-bond donors (Lipinski definition) is 3. The Morgan fingerprint density at radius 3 is 2.61 bits per heavy atom. The standard InChI is InChI=1S/C18H27N5/c1-5-19-18(22-14(4)13(2)3)21-12-17-20-11-16(23-17)15-9-7-6-8-10-15/h6-11,13-14H,5,12H2,1-4H3,(H,20,23)(H2,19,21,22). The highest BCUT2D eigenvalue weighted by Crippen LogP contribution is 2.16. The van der Waals surface area contributed by atoms with Gasteiger partial charge in [0, 0.05) is 12.6 Å². The lowest BCUT2D eigenvalue weighted by Crippen LogP contribution is -2.44. The fourth-order valence-electron chi connectivity index (χ4n) is 2.06. The number of aliphatic imine (C=N–C) groups is 1. The molecule has 0 aliphatic heterocycles. The van der Waals surface area contributed by atoms with E-state index in [1.165, 1.54) is 0 Å². The van der Waals surface area contributed by atoms with Crippen molar-refractivity contribution < 1.29 is 0 Å². The predicted molar refractivity (Wildman–Crippen MR) is 96.3 cm³/mol. The van der Waals surface area contributed by atoms with Gasteiger partial charge >= 0.3 is 0 Å². The molecule has 1 aromatic heterocycles. The zero-order valence-corrected chi connectivity index (χ0v) is 14.4. The van der Waals surface area contributed by atoms with Crippen molar-refractivity contribution in [2.75, 3.05) is 6.54 Å². The van der Waals surface area contributed by atoms with Crippen molar-refractivity contribution >= 4 is 5.96 Å². The van der Waals surface area contributed by atoms with Crippen molar-refractivity contribution in [1.82, 2.24) is 20.6 Å². The van der Waals surface area contributed by atoms with Crippen LogP contribution in [-0.2, 0) is 6.54 Å². The van der Waals surface area contributed by atoms with Gasteiger partial charge < -0.3 is 15.6 Å². The van der Waals surface area contributed by atoms with Crippen LogP contribution in [0, 0.1) is 5.92 Å². The van der Waals surface area contributed by atoms with Gasteiger partial charge in [-0.15, -0.1) is 0 Å². The minimum Gasteiger partial charge on any atom is -0.357 e. The maximum atomic E-state index is 4.61. The molecule has 0 aliphatic rings. The molecule has 0 fully saturated rings. The Kier molecular flexibility index (Phi) is 6.20. The first-order chi connectivity index (χ1) is 11.1. The summed E-state index contributed by atoms with van der Waals surface area (Å²) in [5.41, 5.74) is 2.15. The molecule has 1 atom stereocenters. The van der Waals surface area contributed by atoms with Crippen LogP contribution in [0.3, 0.4) is 0 Å². The summed E-state index contributed by atoms with van der Waals surface area (Å²) in [7, 11) is 0. The molecule has 2 rings (SSSR count). The quantitative estimate of drug-likeness (QED) is 0.567. The van der Waals surface area contributed by atoms with Crippen LogP contribution in [0.2, 0.25) is 0 Å². The number of rotatable bonds is 6. The zero-order chi connectivity index (χ0) is 16.7. The minimum atomic E-state index is 0.365. The number of imidazole rings is 1. The molecule has 1 unspecified atom stereocenters. The summed E-state index contributed by atoms with van der Waals surface area (Å²) in [5, 5.41) is 6.70. The van der Waals surface area contributed by atoms with Crippen molar-refractivity contribution in [2.45, 2.75) is 40.3 Å². The van der Waals surface area contributed by atoms with Gasteiger partial charge in [0.25, 0.3) is 0 Å². The van der Waals surface area contributed by atoms with Gasteiger partial charge in [-0.25, -0.2) is 9.98 Å². The summed E-state index contributed by atoms with van der Waals surface area (Å²) in [6, 6.07) is 10.6. The molecule has 3 N–H and O–H groups in total. The van der Waals surface area contributed by atoms with E-state index in [4.69, 9.17) is 0 Å². The fraction of sp³-hybridized carbons (Fsp3) is 0.444. The van der Waals surface area contributed by atoms with Crippen molar-refractivity contribution in [3.05, 3.63) is 42.4 Å². The van der Waals surface area contributed by atoms with Gasteiger partial charge in [-0.05, 0) is 25.3 Å². The van der Waals surface area contributed by atoms with Gasteiger partial charge in [-0.1, -0.05) is 44.2 Å². The molecule has 23 heavy (non-hydrogen) atoms. The Bertz CT molecular complexity index is 615. The molecule has 0 amide bonds. The van der Waals surface area contributed by atoms with Crippen LogP contribution in [0.4, 0.5) is 0 Å². The number of aromatic amines is 1. The molecule has 1 heterocycles. The predicted octanol–water partition coefficient (Wildman–Crippen LogP) is 3.18. The maximum Gasteiger partial charge on any atom is 0.191 e. The van der Waals surface area contributed by atoms with Crippen molar-refractivity contribution in [1.29, 1.82) is 0 Å². The second-order valence-corrected chi connectivity index (χ2v) is 5.98. The van der Waals surface area contributed by atoms with Gasteiger partial charge in [-0.2, -0.15) is 0 Å². The van der Waals surface area contributed by atoms with E-state index in [2.05, 4.69) is 65.4 Å². The zero-order valence-electron chi connectivity index (χ0n) is 14.4. The number of nitrogens with zero attached hydrogens (tertiary/aromatic N) is 2. The molecule has 0 radical (unpaired) electrons. The number of hydrogen-bond acceptors (Lipinski definition) is 2. The van der Waals surface area contributed by atoms with Gasteiger partial charge in [0.2, 0.25) is 0 Å². The SMILES string of the molecule is CCNC(=NCc1ncc(-c2ccccc2)[nH]1)NC(C)C(C)C. The average molecular weight is 313 g/mol. The highest BCUT2D eigenvalue weighted by molar-refractivity contribution is 5.80. The molecule has 0 saturated carbocycles. The number of benzene rings is 1. The Morgan fingerprint density at radius 2 is 1.96 bits per heavy atom. The van der Waals surface area contributed by atoms with Crippen LogP contribution < -0.4 is 10.6 Å². The number of aromatic nitrogens is 2. The largest absolute Gasteiger partial charge is 0.357 e. The molecule has 5 nitrogen and oxygen atoms in total. The molecule has 2 aromatic rings. The van der Waals surface area contributed by atoms with E-state index in [1.54, 1.807) is 0 Å². The van der Waals surface area contributed by atoms with Crippen LogP contribution in [-0.4, -0.2) is 28.5 Å². The average Bonchev–Trinajstić information content (AvgIpc) is 3.02. The molecular weight excluding hydrogens is 286 g/mol. The Labute approximate surface area is 138 Å². The topological polar surface area (TPSA) is 65.1 Å². The molecule has 0 bridgehead atoms. The second kappa shape index (κ2) is 8.36. The Balaban J connectivity index is 2.03. The van der Waals surface area contributed by atoms with Gasteiger partial charge in [-0.3, -0.25) is 0 Å². The number of H-pyrrole nitrogens is 1. The summed E-state index contributed by atoms with van der Waals surface area (Å²) >= 11 is 0. The van der Waals surface area contributed by atoms with Crippen LogP contribution in [0.1, 0.15) is 33.5 Å². The van der Waals surface area contributed by atoms with Crippen molar-refractivity contribution in [2.24, 2.45) is 10.9 Å². The van der Waals surface area contributed by atoms with Gasteiger partial charge in [0.05, 0.1) is 11.9 Å². The molecule has 5 heteroatoms. The fourth-order valence-corrected chi connectivity index (χ4v) is 2.06. The molecule has 124 valence electrons. The summed E-state index contributed by atoms with van der Waals surface area (Å²) < 4.78 is 0. The summed E-state index contributed by atoms with van der Waals surface area (Å²) in [6.45, 7) is 9.98. The third kappa shape index (κ3) is 5.13. The van der Waals surface area contributed by atoms with E-state index in [9.17, 15) is 0 Å². The van der Waals surface area contributed by atoms with Crippen LogP contribution in [0.15, 0.2) is 41.5 Å². The first-order valence-corrected chi connectivity index (χ1v) is 8.24. The third-order valence-corrected chi connectivity index (χ3v) is 3.81. The lowest BCUT2D eigenvalue weighted by atomic mass is 10.1. The molecule has 0 spiro atoms. The van der Waals surface area contributed by atoms with E-state index in [0.29, 0.717) is 18.5 Å². The van der Waals surface area contributed by atoms with Crippen molar-refractivity contribution in [3.63, 3.8) is 0 Å². The molecule has 0 aliphatic carbocycles. The van der Waals surface area contributed by atoms with Crippen LogP contribution >= 0.6 is 0 Å². The highest BCUT2D eigenvalue weighted by Gasteiger charge is 2.09.